The van der Waals surface area contributed by atoms with Crippen LogP contribution in [0, 0.1) is 11.3 Å². The Morgan fingerprint density at radius 1 is 1.26 bits per heavy atom. The van der Waals surface area contributed by atoms with Gasteiger partial charge in [0.05, 0.1) is 12.4 Å². The normalized spacial score (nSPS) is 17.9. The molecule has 1 unspecified atom stereocenters. The van der Waals surface area contributed by atoms with Crippen molar-refractivity contribution < 1.29 is 13.2 Å². The molecule has 8 nitrogen and oxygen atoms in total. The van der Waals surface area contributed by atoms with Gasteiger partial charge < -0.3 is 10.6 Å². The fourth-order valence-electron chi connectivity index (χ4n) is 3.68. The summed E-state index contributed by atoms with van der Waals surface area (Å²) in [4.78, 5) is 18.3. The predicted octanol–water partition coefficient (Wildman–Crippen LogP) is 3.48. The van der Waals surface area contributed by atoms with E-state index in [2.05, 4.69) is 19.9 Å². The van der Waals surface area contributed by atoms with Crippen LogP contribution in [0.15, 0.2) is 42.6 Å². The maximum Gasteiger partial charge on any atom is 0.434 e. The Morgan fingerprint density at radius 3 is 2.77 bits per heavy atom. The van der Waals surface area contributed by atoms with E-state index in [-0.39, 0.29) is 22.6 Å². The van der Waals surface area contributed by atoms with Gasteiger partial charge in [0.2, 0.25) is 0 Å². The zero-order chi connectivity index (χ0) is 22.2. The molecule has 1 fully saturated rings. The largest absolute Gasteiger partial charge is 0.434 e. The molecule has 3 aromatic heterocycles. The Hall–Kier alpha value is -3.21. The maximum atomic E-state index is 13.1. The van der Waals surface area contributed by atoms with Gasteiger partial charge in [-0.15, -0.1) is 0 Å². The average molecular weight is 451 g/mol. The number of alkyl halides is 3. The van der Waals surface area contributed by atoms with Crippen molar-refractivity contribution in [2.75, 3.05) is 18.0 Å². The predicted molar refractivity (Wildman–Crippen MR) is 110 cm³/mol. The third-order valence-corrected chi connectivity index (χ3v) is 5.39. The highest BCUT2D eigenvalue weighted by atomic mass is 35.5. The number of anilines is 1. The first kappa shape index (κ1) is 21.0. The molecule has 31 heavy (non-hydrogen) atoms. The minimum atomic E-state index is -4.58. The van der Waals surface area contributed by atoms with Crippen molar-refractivity contribution >= 4 is 28.2 Å². The lowest BCUT2D eigenvalue weighted by Gasteiger charge is -2.34. The van der Waals surface area contributed by atoms with E-state index >= 15 is 0 Å². The molecule has 1 saturated heterocycles. The van der Waals surface area contributed by atoms with Crippen LogP contribution in [0.5, 0.6) is 0 Å². The summed E-state index contributed by atoms with van der Waals surface area (Å²) in [7, 11) is 0. The summed E-state index contributed by atoms with van der Waals surface area (Å²) in [5.41, 5.74) is 5.78. The Morgan fingerprint density at radius 2 is 2.06 bits per heavy atom. The van der Waals surface area contributed by atoms with Crippen molar-refractivity contribution in [3.8, 4) is 11.5 Å². The molecule has 0 aliphatic carbocycles. The Balaban J connectivity index is 1.67. The topological polar surface area (TPSA) is 109 Å². The summed E-state index contributed by atoms with van der Waals surface area (Å²) in [5.74, 6) is 0.844. The zero-order valence-electron chi connectivity index (χ0n) is 16.1. The lowest BCUT2D eigenvalue weighted by molar-refractivity contribution is -0.141. The molecule has 0 saturated carbocycles. The number of piperidine rings is 1. The van der Waals surface area contributed by atoms with E-state index in [1.807, 2.05) is 4.90 Å². The van der Waals surface area contributed by atoms with E-state index < -0.39 is 11.9 Å². The summed E-state index contributed by atoms with van der Waals surface area (Å²) in [6, 6.07) is 1.73. The van der Waals surface area contributed by atoms with Crippen LogP contribution in [0.4, 0.5) is 19.0 Å². The van der Waals surface area contributed by atoms with Crippen LogP contribution in [0.3, 0.4) is 0 Å². The van der Waals surface area contributed by atoms with E-state index in [9.17, 15) is 13.2 Å². The first-order valence-corrected chi connectivity index (χ1v) is 9.80. The highest BCUT2D eigenvalue weighted by Crippen LogP contribution is 2.30. The molecular formula is C19H18ClF3N8. The summed E-state index contributed by atoms with van der Waals surface area (Å²) < 4.78 is 40.5. The lowest BCUT2D eigenvalue weighted by Crippen LogP contribution is -2.37. The van der Waals surface area contributed by atoms with Gasteiger partial charge in [-0.2, -0.15) is 13.2 Å². The van der Waals surface area contributed by atoms with Crippen molar-refractivity contribution in [1.82, 2.24) is 24.3 Å². The first-order valence-electron chi connectivity index (χ1n) is 9.43. The minimum Gasteiger partial charge on any atom is -0.404 e. The molecule has 0 radical (unpaired) electrons. The molecule has 3 aromatic rings. The van der Waals surface area contributed by atoms with E-state index in [4.69, 9.17) is 22.7 Å². The number of nitrogens with one attached hydrogen (secondary N) is 1. The van der Waals surface area contributed by atoms with Gasteiger partial charge in [0.15, 0.2) is 17.2 Å². The summed E-state index contributed by atoms with van der Waals surface area (Å²) >= 11 is 5.86. The van der Waals surface area contributed by atoms with Crippen LogP contribution in [0.1, 0.15) is 18.5 Å². The number of hydrogen-bond acceptors (Lipinski definition) is 7. The monoisotopic (exact) mass is 450 g/mol. The fraction of sp³-hybridized carbons (Fsp3) is 0.316. The quantitative estimate of drug-likeness (QED) is 0.589. The Bertz CT molecular complexity index is 1160. The van der Waals surface area contributed by atoms with Crippen molar-refractivity contribution in [1.29, 1.82) is 5.41 Å². The van der Waals surface area contributed by atoms with Gasteiger partial charge in [0, 0.05) is 43.2 Å². The van der Waals surface area contributed by atoms with Gasteiger partial charge in [0.25, 0.3) is 0 Å². The molecule has 3 N–H and O–H groups in total. The van der Waals surface area contributed by atoms with E-state index in [1.54, 1.807) is 12.3 Å². The van der Waals surface area contributed by atoms with E-state index in [1.165, 1.54) is 16.8 Å². The Kier molecular flexibility index (Phi) is 5.52. The molecule has 0 aromatic carbocycles. The van der Waals surface area contributed by atoms with Crippen LogP contribution in [0.25, 0.3) is 17.2 Å². The third-order valence-electron chi connectivity index (χ3n) is 5.17. The van der Waals surface area contributed by atoms with Crippen LogP contribution < -0.4 is 10.6 Å². The van der Waals surface area contributed by atoms with Gasteiger partial charge in [-0.05, 0) is 18.9 Å². The van der Waals surface area contributed by atoms with Gasteiger partial charge in [-0.3, -0.25) is 9.81 Å². The number of halogens is 4. The smallest absolute Gasteiger partial charge is 0.404 e. The molecule has 0 bridgehead atoms. The van der Waals surface area contributed by atoms with Gasteiger partial charge in [-0.1, -0.05) is 11.6 Å². The van der Waals surface area contributed by atoms with Gasteiger partial charge in [-0.25, -0.2) is 19.9 Å². The van der Waals surface area contributed by atoms with Crippen LogP contribution in [-0.4, -0.2) is 42.6 Å². The highest BCUT2D eigenvalue weighted by molar-refractivity contribution is 6.68. The number of nitrogens with zero attached hydrogens (tertiary/aromatic N) is 6. The highest BCUT2D eigenvalue weighted by Gasteiger charge is 2.33. The molecule has 12 heteroatoms. The second-order valence-corrected chi connectivity index (χ2v) is 7.48. The fourth-order valence-corrected chi connectivity index (χ4v) is 3.89. The van der Waals surface area contributed by atoms with E-state index in [0.29, 0.717) is 23.6 Å². The molecular weight excluding hydrogens is 433 g/mol. The average Bonchev–Trinajstić information content (AvgIpc) is 3.17. The van der Waals surface area contributed by atoms with Crippen molar-refractivity contribution in [2.24, 2.45) is 11.7 Å². The summed E-state index contributed by atoms with van der Waals surface area (Å²) in [6.45, 7) is 1.29. The molecule has 4 rings (SSSR count). The first-order chi connectivity index (χ1) is 14.8. The van der Waals surface area contributed by atoms with Crippen molar-refractivity contribution in [3.05, 3.63) is 48.3 Å². The molecule has 0 spiro atoms. The number of aromatic nitrogens is 5. The Labute approximate surface area is 180 Å². The third kappa shape index (κ3) is 4.18. The van der Waals surface area contributed by atoms with Crippen LogP contribution >= 0.6 is 11.6 Å². The molecule has 162 valence electrons. The number of nitrogens with two attached hydrogens (primary N) is 1. The molecule has 0 amide bonds. The van der Waals surface area contributed by atoms with Crippen LogP contribution in [0.2, 0.25) is 0 Å². The number of hydrogen-bond donors (Lipinski definition) is 2. The van der Waals surface area contributed by atoms with Crippen LogP contribution in [-0.2, 0) is 6.18 Å². The standard InChI is InChI=1S/C19H18ClF3N8/c20-17(25)12(6-24)11-2-1-5-30(9-11)15-3-4-26-18(29-15)13-7-28-16-8-27-14(10-31(13)16)19(21,22)23/h3-4,6-8,10-11,25H,1-2,5,9,24H2. The van der Waals surface area contributed by atoms with E-state index in [0.717, 1.165) is 31.8 Å². The lowest BCUT2D eigenvalue weighted by atomic mass is 9.91. The summed E-state index contributed by atoms with van der Waals surface area (Å²) in [5, 5.41) is 7.62. The molecule has 1 atom stereocenters. The molecule has 4 heterocycles. The number of fused-ring (bicyclic) bond motifs is 1. The second-order valence-electron chi connectivity index (χ2n) is 7.10. The maximum absolute atomic E-state index is 13.1. The van der Waals surface area contributed by atoms with Gasteiger partial charge in [0.1, 0.15) is 16.7 Å². The molecule has 1 aliphatic heterocycles. The van der Waals surface area contributed by atoms with Crippen molar-refractivity contribution in [3.63, 3.8) is 0 Å². The second kappa shape index (κ2) is 8.14. The molecule has 1 aliphatic rings. The van der Waals surface area contributed by atoms with Crippen molar-refractivity contribution in [2.45, 2.75) is 19.0 Å². The SMILES string of the molecule is N=C(Cl)C(=CN)C1CCCN(c2ccnc(-c3cnc4cnc(C(F)(F)F)cn34)n2)C1. The minimum absolute atomic E-state index is 0.0154. The number of rotatable bonds is 4. The number of imidazole rings is 1. The summed E-state index contributed by atoms with van der Waals surface area (Å²) in [6.07, 6.45) is 3.39. The van der Waals surface area contributed by atoms with Gasteiger partial charge >= 0.3 is 6.18 Å². The zero-order valence-corrected chi connectivity index (χ0v) is 16.9.